The van der Waals surface area contributed by atoms with Gasteiger partial charge in [-0.15, -0.1) is 10.2 Å². The molecule has 0 atom stereocenters. The highest BCUT2D eigenvalue weighted by atomic mass is 32.2. The monoisotopic (exact) mass is 366 g/mol. The van der Waals surface area contributed by atoms with E-state index in [1.54, 1.807) is 6.92 Å². The van der Waals surface area contributed by atoms with Crippen molar-refractivity contribution in [1.29, 1.82) is 0 Å². The number of nitrogens with one attached hydrogen (secondary N) is 2. The number of hydrogen-bond donors (Lipinski definition) is 2. The number of halogens is 2. The van der Waals surface area contributed by atoms with E-state index in [1.807, 2.05) is 0 Å². The van der Waals surface area contributed by atoms with Crippen LogP contribution in [0.1, 0.15) is 22.7 Å². The van der Waals surface area contributed by atoms with Gasteiger partial charge >= 0.3 is 5.69 Å². The molecule has 0 fully saturated rings. The van der Waals surface area contributed by atoms with E-state index in [9.17, 15) is 18.4 Å². The van der Waals surface area contributed by atoms with Crippen molar-refractivity contribution in [3.05, 3.63) is 73.4 Å². The van der Waals surface area contributed by atoms with Crippen LogP contribution in [0.2, 0.25) is 0 Å². The van der Waals surface area contributed by atoms with Gasteiger partial charge < -0.3 is 9.40 Å². The van der Waals surface area contributed by atoms with Crippen LogP contribution in [-0.2, 0) is 12.2 Å². The van der Waals surface area contributed by atoms with Gasteiger partial charge in [-0.05, 0) is 24.6 Å². The van der Waals surface area contributed by atoms with Gasteiger partial charge in [0.15, 0.2) is 0 Å². The van der Waals surface area contributed by atoms with Crippen molar-refractivity contribution in [2.24, 2.45) is 0 Å². The zero-order valence-corrected chi connectivity index (χ0v) is 13.7. The van der Waals surface area contributed by atoms with E-state index >= 15 is 0 Å². The molecule has 0 unspecified atom stereocenters. The smallest absolute Gasteiger partial charge is 0.325 e. The normalized spacial score (nSPS) is 11.0. The summed E-state index contributed by atoms with van der Waals surface area (Å²) in [6.45, 7) is 1.59. The fourth-order valence-corrected chi connectivity index (χ4v) is 2.91. The van der Waals surface area contributed by atoms with Gasteiger partial charge in [-0.2, -0.15) is 0 Å². The van der Waals surface area contributed by atoms with Gasteiger partial charge in [-0.3, -0.25) is 9.78 Å². The molecule has 0 saturated carbocycles. The van der Waals surface area contributed by atoms with Crippen LogP contribution in [0.5, 0.6) is 0 Å². The van der Waals surface area contributed by atoms with E-state index < -0.39 is 22.9 Å². The van der Waals surface area contributed by atoms with Crippen LogP contribution in [0.15, 0.2) is 37.4 Å². The first-order chi connectivity index (χ1) is 11.9. The Balaban J connectivity index is 1.71. The molecule has 0 aliphatic rings. The summed E-state index contributed by atoms with van der Waals surface area (Å²) in [5.74, 6) is -0.882. The lowest BCUT2D eigenvalue weighted by Gasteiger charge is -2.00. The zero-order valence-electron chi connectivity index (χ0n) is 12.9. The molecule has 10 heteroatoms. The molecule has 0 bridgehead atoms. The lowest BCUT2D eigenvalue weighted by atomic mass is 10.2. The number of thioether (sulfide) groups is 1. The number of aromatic amines is 2. The van der Waals surface area contributed by atoms with Crippen LogP contribution in [0, 0.1) is 18.6 Å². The number of hydrogen-bond acceptors (Lipinski definition) is 6. The molecule has 3 aromatic rings. The summed E-state index contributed by atoms with van der Waals surface area (Å²) in [5, 5.41) is 7.86. The third-order valence-corrected chi connectivity index (χ3v) is 4.21. The molecule has 0 radical (unpaired) electrons. The Bertz CT molecular complexity index is 1010. The van der Waals surface area contributed by atoms with Gasteiger partial charge in [0.25, 0.3) is 10.8 Å². The minimum Gasteiger partial charge on any atom is -0.416 e. The van der Waals surface area contributed by atoms with Crippen LogP contribution in [0.25, 0.3) is 0 Å². The predicted octanol–water partition coefficient (Wildman–Crippen LogP) is 1.92. The summed E-state index contributed by atoms with van der Waals surface area (Å²) in [6, 6.07) is 3.23. The fourth-order valence-electron chi connectivity index (χ4n) is 2.20. The van der Waals surface area contributed by atoms with Gasteiger partial charge in [-0.25, -0.2) is 13.6 Å². The Morgan fingerprint density at radius 2 is 1.84 bits per heavy atom. The van der Waals surface area contributed by atoms with Gasteiger partial charge in [0.1, 0.15) is 11.6 Å². The van der Waals surface area contributed by atoms with E-state index in [2.05, 4.69) is 20.2 Å². The standard InChI is InChI=1S/C15H12F2N4O3S/c1-7-11(13(22)19-14(23)18-7)5-12-20-21-15(24-12)25-6-8-2-9(16)4-10(17)3-8/h2-4H,5-6H2,1H3,(H2,18,19,22,23). The summed E-state index contributed by atoms with van der Waals surface area (Å²) in [6.07, 6.45) is 0.0557. The fraction of sp³-hybridized carbons (Fsp3) is 0.200. The molecule has 130 valence electrons. The Kier molecular flexibility index (Phi) is 4.79. The first-order valence-electron chi connectivity index (χ1n) is 7.13. The minimum absolute atomic E-state index is 0.0557. The van der Waals surface area contributed by atoms with Crippen molar-refractivity contribution >= 4 is 11.8 Å². The molecule has 0 spiro atoms. The van der Waals surface area contributed by atoms with Crippen molar-refractivity contribution in [3.63, 3.8) is 0 Å². The van der Waals surface area contributed by atoms with E-state index in [0.717, 1.165) is 17.8 Å². The number of aromatic nitrogens is 4. The highest BCUT2D eigenvalue weighted by Gasteiger charge is 2.13. The lowest BCUT2D eigenvalue weighted by molar-refractivity contribution is 0.419. The molecule has 2 N–H and O–H groups in total. The second-order valence-electron chi connectivity index (χ2n) is 5.22. The van der Waals surface area contributed by atoms with Crippen LogP contribution < -0.4 is 11.2 Å². The van der Waals surface area contributed by atoms with Crippen LogP contribution in [0.3, 0.4) is 0 Å². The molecular formula is C15H12F2N4O3S. The van der Waals surface area contributed by atoms with Gasteiger partial charge in [0, 0.05) is 23.1 Å². The minimum atomic E-state index is -0.658. The van der Waals surface area contributed by atoms with Crippen molar-refractivity contribution in [1.82, 2.24) is 20.2 Å². The number of aryl methyl sites for hydroxylation is 1. The summed E-state index contributed by atoms with van der Waals surface area (Å²) in [7, 11) is 0. The molecule has 7 nitrogen and oxygen atoms in total. The molecule has 0 aliphatic heterocycles. The van der Waals surface area contributed by atoms with Crippen LogP contribution >= 0.6 is 11.8 Å². The van der Waals surface area contributed by atoms with E-state index in [4.69, 9.17) is 4.42 Å². The molecule has 1 aromatic carbocycles. The Morgan fingerprint density at radius 3 is 2.52 bits per heavy atom. The average molecular weight is 366 g/mol. The molecular weight excluding hydrogens is 354 g/mol. The van der Waals surface area contributed by atoms with E-state index in [-0.39, 0.29) is 23.3 Å². The maximum absolute atomic E-state index is 13.1. The van der Waals surface area contributed by atoms with Crippen molar-refractivity contribution < 1.29 is 13.2 Å². The summed E-state index contributed by atoms with van der Waals surface area (Å²) < 4.78 is 31.7. The lowest BCUT2D eigenvalue weighted by Crippen LogP contribution is -2.27. The maximum atomic E-state index is 13.1. The van der Waals surface area contributed by atoms with Gasteiger partial charge in [0.05, 0.1) is 6.42 Å². The molecule has 25 heavy (non-hydrogen) atoms. The number of rotatable bonds is 5. The molecule has 2 aromatic heterocycles. The summed E-state index contributed by atoms with van der Waals surface area (Å²) in [4.78, 5) is 27.6. The number of benzene rings is 1. The Hall–Kier alpha value is -2.75. The van der Waals surface area contributed by atoms with E-state index in [0.29, 0.717) is 16.8 Å². The highest BCUT2D eigenvalue weighted by molar-refractivity contribution is 7.98. The first-order valence-corrected chi connectivity index (χ1v) is 8.11. The average Bonchev–Trinajstić information content (AvgIpc) is 2.95. The molecule has 0 saturated heterocycles. The highest BCUT2D eigenvalue weighted by Crippen LogP contribution is 2.23. The topological polar surface area (TPSA) is 105 Å². The van der Waals surface area contributed by atoms with Gasteiger partial charge in [-0.1, -0.05) is 11.8 Å². The van der Waals surface area contributed by atoms with Crippen LogP contribution in [0.4, 0.5) is 8.78 Å². The second kappa shape index (κ2) is 7.01. The molecule has 0 aliphatic carbocycles. The SMILES string of the molecule is Cc1[nH]c(=O)[nH]c(=O)c1Cc1nnc(SCc2cc(F)cc(F)c2)o1. The second-order valence-corrected chi connectivity index (χ2v) is 6.14. The number of nitrogens with zero attached hydrogens (tertiary/aromatic N) is 2. The zero-order chi connectivity index (χ0) is 18.0. The molecule has 2 heterocycles. The predicted molar refractivity (Wildman–Crippen MR) is 85.4 cm³/mol. The van der Waals surface area contributed by atoms with Crippen LogP contribution in [-0.4, -0.2) is 20.2 Å². The van der Waals surface area contributed by atoms with Gasteiger partial charge in [0.2, 0.25) is 5.89 Å². The van der Waals surface area contributed by atoms with E-state index in [1.165, 1.54) is 12.1 Å². The largest absolute Gasteiger partial charge is 0.416 e. The molecule has 0 amide bonds. The number of H-pyrrole nitrogens is 2. The Labute approximate surface area is 143 Å². The third-order valence-electron chi connectivity index (χ3n) is 3.32. The quantitative estimate of drug-likeness (QED) is 0.669. The Morgan fingerprint density at radius 1 is 1.12 bits per heavy atom. The van der Waals surface area contributed by atoms with Crippen molar-refractivity contribution in [2.75, 3.05) is 0 Å². The summed E-state index contributed by atoms with van der Waals surface area (Å²) in [5.41, 5.74) is 0.0535. The molecule has 3 rings (SSSR count). The van der Waals surface area contributed by atoms with Crippen molar-refractivity contribution in [3.8, 4) is 0 Å². The summed E-state index contributed by atoms with van der Waals surface area (Å²) >= 11 is 1.12. The first kappa shape index (κ1) is 17.1. The maximum Gasteiger partial charge on any atom is 0.325 e. The third kappa shape index (κ3) is 4.21. The van der Waals surface area contributed by atoms with Crippen molar-refractivity contribution in [2.45, 2.75) is 24.3 Å².